The van der Waals surface area contributed by atoms with Crippen LogP contribution in [-0.4, -0.2) is 45.8 Å². The highest BCUT2D eigenvalue weighted by Gasteiger charge is 2.39. The van der Waals surface area contributed by atoms with E-state index in [0.717, 1.165) is 24.8 Å². The smallest absolute Gasteiger partial charge is 0.326 e. The maximum Gasteiger partial charge on any atom is 0.326 e. The Hall–Kier alpha value is -1.60. The van der Waals surface area contributed by atoms with Crippen LogP contribution in [0.25, 0.3) is 0 Å². The number of hydrogen-bond donors (Lipinski definition) is 3. The largest absolute Gasteiger partial charge is 0.480 e. The molecule has 1 unspecified atom stereocenters. The van der Waals surface area contributed by atoms with Gasteiger partial charge in [-0.3, -0.25) is 0 Å². The van der Waals surface area contributed by atoms with Gasteiger partial charge in [-0.25, -0.2) is 9.59 Å². The second kappa shape index (κ2) is 5.65. The number of urea groups is 1. The lowest BCUT2D eigenvalue weighted by molar-refractivity contribution is -0.141. The van der Waals surface area contributed by atoms with Crippen LogP contribution in [0.3, 0.4) is 0 Å². The monoisotopic (exact) mass is 310 g/mol. The van der Waals surface area contributed by atoms with E-state index in [1.807, 2.05) is 11.4 Å². The number of rotatable bonds is 2. The fourth-order valence-electron chi connectivity index (χ4n) is 3.14. The van der Waals surface area contributed by atoms with Crippen molar-refractivity contribution in [3.8, 4) is 0 Å². The van der Waals surface area contributed by atoms with Crippen molar-refractivity contribution in [2.24, 2.45) is 0 Å². The molecule has 1 aromatic rings. The lowest BCUT2D eigenvalue weighted by Crippen LogP contribution is -2.47. The fraction of sp³-hybridized carbons (Fsp3) is 0.571. The van der Waals surface area contributed by atoms with Crippen molar-refractivity contribution in [2.45, 2.75) is 43.9 Å². The van der Waals surface area contributed by atoms with Crippen molar-refractivity contribution in [2.75, 3.05) is 6.54 Å². The van der Waals surface area contributed by atoms with Gasteiger partial charge in [-0.05, 0) is 36.3 Å². The highest BCUT2D eigenvalue weighted by atomic mass is 32.1. The second-order valence-electron chi connectivity index (χ2n) is 5.59. The molecular formula is C14H18N2O4S. The summed E-state index contributed by atoms with van der Waals surface area (Å²) in [5, 5.41) is 23.7. The minimum atomic E-state index is -1.07. The molecule has 114 valence electrons. The molecule has 3 atom stereocenters. The Labute approximate surface area is 126 Å². The molecule has 1 saturated heterocycles. The highest BCUT2D eigenvalue weighted by molar-refractivity contribution is 7.10. The number of aliphatic carboxylic acids is 1. The second-order valence-corrected chi connectivity index (χ2v) is 6.59. The molecule has 1 fully saturated rings. The molecule has 0 radical (unpaired) electrons. The molecule has 7 heteroatoms. The van der Waals surface area contributed by atoms with Gasteiger partial charge in [0.15, 0.2) is 0 Å². The first kappa shape index (κ1) is 14.3. The standard InChI is InChI=1S/C14H18N2O4S/c17-8-6-11(13(18)19)16(7-8)14(20)15-10-2-1-3-12-9(10)4-5-21-12/h4-5,8,10-11,17H,1-3,6-7H2,(H,15,20)(H,18,19)/t8-,10?,11-/m0/s1. The van der Waals surface area contributed by atoms with E-state index in [0.29, 0.717) is 0 Å². The number of likely N-dealkylation sites (tertiary alicyclic amines) is 1. The van der Waals surface area contributed by atoms with Gasteiger partial charge in [-0.1, -0.05) is 0 Å². The number of fused-ring (bicyclic) bond motifs is 1. The number of hydrogen-bond acceptors (Lipinski definition) is 4. The lowest BCUT2D eigenvalue weighted by Gasteiger charge is -2.28. The number of carbonyl (C=O) groups excluding carboxylic acids is 1. The van der Waals surface area contributed by atoms with Crippen LogP contribution in [0.5, 0.6) is 0 Å². The van der Waals surface area contributed by atoms with Crippen LogP contribution < -0.4 is 5.32 Å². The number of aliphatic hydroxyl groups is 1. The van der Waals surface area contributed by atoms with Crippen LogP contribution in [0.1, 0.15) is 35.7 Å². The molecule has 1 aliphatic heterocycles. The predicted octanol–water partition coefficient (Wildman–Crippen LogP) is 1.35. The quantitative estimate of drug-likeness (QED) is 0.769. The molecule has 2 heterocycles. The average Bonchev–Trinajstić information content (AvgIpc) is 3.05. The molecule has 2 aliphatic rings. The summed E-state index contributed by atoms with van der Waals surface area (Å²) in [5.74, 6) is -1.07. The van der Waals surface area contributed by atoms with Crippen LogP contribution in [0.15, 0.2) is 11.4 Å². The summed E-state index contributed by atoms with van der Waals surface area (Å²) in [6.07, 6.45) is 2.25. The van der Waals surface area contributed by atoms with E-state index in [1.54, 1.807) is 11.3 Å². The van der Waals surface area contributed by atoms with E-state index >= 15 is 0 Å². The Morgan fingerprint density at radius 1 is 1.43 bits per heavy atom. The minimum absolute atomic E-state index is 0.0558. The first-order chi connectivity index (χ1) is 10.1. The molecule has 21 heavy (non-hydrogen) atoms. The Morgan fingerprint density at radius 2 is 2.24 bits per heavy atom. The third-order valence-electron chi connectivity index (χ3n) is 4.17. The molecule has 0 spiro atoms. The normalized spacial score (nSPS) is 28.2. The number of nitrogens with zero attached hydrogens (tertiary/aromatic N) is 1. The zero-order chi connectivity index (χ0) is 15.0. The van der Waals surface area contributed by atoms with Crippen molar-refractivity contribution in [1.29, 1.82) is 0 Å². The highest BCUT2D eigenvalue weighted by Crippen LogP contribution is 2.33. The van der Waals surface area contributed by atoms with E-state index in [1.165, 1.54) is 9.78 Å². The third kappa shape index (κ3) is 2.75. The first-order valence-electron chi connectivity index (χ1n) is 7.10. The summed E-state index contributed by atoms with van der Waals surface area (Å²) in [5.41, 5.74) is 1.14. The number of nitrogens with one attached hydrogen (secondary N) is 1. The van der Waals surface area contributed by atoms with E-state index in [9.17, 15) is 14.7 Å². The van der Waals surface area contributed by atoms with Gasteiger partial charge in [0.2, 0.25) is 0 Å². The van der Waals surface area contributed by atoms with Crippen molar-refractivity contribution in [3.05, 3.63) is 21.9 Å². The molecule has 1 aliphatic carbocycles. The van der Waals surface area contributed by atoms with Crippen molar-refractivity contribution in [1.82, 2.24) is 10.2 Å². The Morgan fingerprint density at radius 3 is 3.00 bits per heavy atom. The number of aliphatic hydroxyl groups excluding tert-OH is 1. The first-order valence-corrected chi connectivity index (χ1v) is 7.98. The van der Waals surface area contributed by atoms with Gasteiger partial charge in [-0.15, -0.1) is 11.3 Å². The van der Waals surface area contributed by atoms with E-state index in [-0.39, 0.29) is 19.0 Å². The van der Waals surface area contributed by atoms with Gasteiger partial charge in [0.05, 0.1) is 12.1 Å². The van der Waals surface area contributed by atoms with Crippen LogP contribution >= 0.6 is 11.3 Å². The predicted molar refractivity (Wildman–Crippen MR) is 77.3 cm³/mol. The van der Waals surface area contributed by atoms with Gasteiger partial charge in [-0.2, -0.15) is 0 Å². The third-order valence-corrected chi connectivity index (χ3v) is 5.17. The molecule has 3 N–H and O–H groups in total. The summed E-state index contributed by atoms with van der Waals surface area (Å²) in [7, 11) is 0. The summed E-state index contributed by atoms with van der Waals surface area (Å²) in [6, 6.07) is 0.630. The topological polar surface area (TPSA) is 89.9 Å². The molecule has 2 amide bonds. The van der Waals surface area contributed by atoms with Crippen molar-refractivity contribution < 1.29 is 19.8 Å². The minimum Gasteiger partial charge on any atom is -0.480 e. The van der Waals surface area contributed by atoms with Gasteiger partial charge >= 0.3 is 12.0 Å². The summed E-state index contributed by atoms with van der Waals surface area (Å²) < 4.78 is 0. The van der Waals surface area contributed by atoms with Gasteiger partial charge in [0.1, 0.15) is 6.04 Å². The number of carboxylic acids is 1. The molecule has 0 saturated carbocycles. The van der Waals surface area contributed by atoms with Crippen LogP contribution in [0.4, 0.5) is 4.79 Å². The Balaban J connectivity index is 1.71. The Bertz CT molecular complexity index is 559. The van der Waals surface area contributed by atoms with Gasteiger partial charge in [0, 0.05) is 17.8 Å². The van der Waals surface area contributed by atoms with E-state index < -0.39 is 24.1 Å². The summed E-state index contributed by atoms with van der Waals surface area (Å²) in [4.78, 5) is 26.1. The number of carboxylic acid groups (broad SMARTS) is 1. The summed E-state index contributed by atoms with van der Waals surface area (Å²) >= 11 is 1.70. The molecule has 1 aromatic heterocycles. The van der Waals surface area contributed by atoms with Crippen LogP contribution in [-0.2, 0) is 11.2 Å². The SMILES string of the molecule is O=C(O)[C@@H]1C[C@H](O)CN1C(=O)NC1CCCc2sccc21. The average molecular weight is 310 g/mol. The molecule has 3 rings (SSSR count). The number of amides is 2. The maximum absolute atomic E-state index is 12.3. The number of thiophene rings is 1. The molecule has 6 nitrogen and oxygen atoms in total. The lowest BCUT2D eigenvalue weighted by atomic mass is 9.94. The number of β-amino-alcohol motifs (C(OH)–C–C–N with tert-alkyl or cyclic N) is 1. The number of aryl methyl sites for hydroxylation is 1. The van der Waals surface area contributed by atoms with Gasteiger partial charge < -0.3 is 20.4 Å². The zero-order valence-electron chi connectivity index (χ0n) is 11.5. The van der Waals surface area contributed by atoms with E-state index in [2.05, 4.69) is 5.32 Å². The Kier molecular flexibility index (Phi) is 3.86. The zero-order valence-corrected chi connectivity index (χ0v) is 12.3. The summed E-state index contributed by atoms with van der Waals surface area (Å²) in [6.45, 7) is 0.0754. The van der Waals surface area contributed by atoms with E-state index in [4.69, 9.17) is 5.11 Å². The molecule has 0 aromatic carbocycles. The van der Waals surface area contributed by atoms with Crippen LogP contribution in [0, 0.1) is 0 Å². The van der Waals surface area contributed by atoms with Gasteiger partial charge in [0.25, 0.3) is 0 Å². The maximum atomic E-state index is 12.3. The fourth-order valence-corrected chi connectivity index (χ4v) is 4.13. The molecule has 0 bridgehead atoms. The number of carbonyl (C=O) groups is 2. The van der Waals surface area contributed by atoms with Crippen molar-refractivity contribution in [3.63, 3.8) is 0 Å². The van der Waals surface area contributed by atoms with Crippen molar-refractivity contribution >= 4 is 23.3 Å². The van der Waals surface area contributed by atoms with Crippen LogP contribution in [0.2, 0.25) is 0 Å². The molecular weight excluding hydrogens is 292 g/mol.